The number of hydrogen-bond acceptors (Lipinski definition) is 4. The molecule has 0 aliphatic rings. The van der Waals surface area contributed by atoms with Gasteiger partial charge in [0.25, 0.3) is 0 Å². The molecule has 2 heterocycles. The van der Waals surface area contributed by atoms with Crippen LogP contribution in [0.5, 0.6) is 0 Å². The van der Waals surface area contributed by atoms with Crippen molar-refractivity contribution in [1.82, 2.24) is 19.8 Å². The van der Waals surface area contributed by atoms with E-state index < -0.39 is 0 Å². The lowest BCUT2D eigenvalue weighted by atomic mass is 10.1. The number of hydrogen-bond donors (Lipinski definition) is 1. The number of aromatic nitrogens is 4. The SMILES string of the molecule is C[C@H](N)c1nnc2ccc(-c3ccc(Br)cc3)nn12. The van der Waals surface area contributed by atoms with Crippen LogP contribution in [0, 0.1) is 0 Å². The molecule has 0 amide bonds. The molecule has 0 aliphatic carbocycles. The highest BCUT2D eigenvalue weighted by atomic mass is 79.9. The maximum Gasteiger partial charge on any atom is 0.178 e. The molecule has 3 rings (SSSR count). The fraction of sp³-hybridized carbons (Fsp3) is 0.154. The average molecular weight is 318 g/mol. The van der Waals surface area contributed by atoms with Gasteiger partial charge in [0.1, 0.15) is 0 Å². The number of nitrogens with zero attached hydrogens (tertiary/aromatic N) is 4. The van der Waals surface area contributed by atoms with Crippen molar-refractivity contribution in [3.8, 4) is 11.3 Å². The van der Waals surface area contributed by atoms with E-state index in [0.29, 0.717) is 11.5 Å². The van der Waals surface area contributed by atoms with Crippen LogP contribution >= 0.6 is 15.9 Å². The minimum Gasteiger partial charge on any atom is -0.321 e. The van der Waals surface area contributed by atoms with Crippen LogP contribution in [0.25, 0.3) is 16.9 Å². The second-order valence-electron chi connectivity index (χ2n) is 4.34. The van der Waals surface area contributed by atoms with Crippen molar-refractivity contribution in [3.63, 3.8) is 0 Å². The van der Waals surface area contributed by atoms with Crippen LogP contribution in [-0.2, 0) is 0 Å². The summed E-state index contributed by atoms with van der Waals surface area (Å²) in [6.45, 7) is 1.87. The summed E-state index contributed by atoms with van der Waals surface area (Å²) in [7, 11) is 0. The highest BCUT2D eigenvalue weighted by Gasteiger charge is 2.11. The van der Waals surface area contributed by atoms with Gasteiger partial charge in [-0.05, 0) is 31.2 Å². The molecule has 0 saturated carbocycles. The molecule has 0 spiro atoms. The van der Waals surface area contributed by atoms with Gasteiger partial charge in [-0.1, -0.05) is 28.1 Å². The summed E-state index contributed by atoms with van der Waals surface area (Å²) in [5.74, 6) is 0.661. The third-order valence-electron chi connectivity index (χ3n) is 2.83. The number of benzene rings is 1. The normalized spacial score (nSPS) is 12.8. The maximum atomic E-state index is 5.86. The van der Waals surface area contributed by atoms with Crippen LogP contribution in [0.2, 0.25) is 0 Å². The molecule has 2 aromatic heterocycles. The molecule has 5 nitrogen and oxygen atoms in total. The highest BCUT2D eigenvalue weighted by molar-refractivity contribution is 9.10. The summed E-state index contributed by atoms with van der Waals surface area (Å²) < 4.78 is 2.74. The van der Waals surface area contributed by atoms with Crippen molar-refractivity contribution >= 4 is 21.6 Å². The molecular formula is C13H12BrN5. The highest BCUT2D eigenvalue weighted by Crippen LogP contribution is 2.20. The Morgan fingerprint density at radius 3 is 2.53 bits per heavy atom. The molecule has 0 bridgehead atoms. The molecule has 0 fully saturated rings. The van der Waals surface area contributed by atoms with Crippen LogP contribution in [-0.4, -0.2) is 19.8 Å². The Morgan fingerprint density at radius 2 is 1.84 bits per heavy atom. The third kappa shape index (κ3) is 2.24. The van der Waals surface area contributed by atoms with E-state index in [1.54, 1.807) is 4.52 Å². The Kier molecular flexibility index (Phi) is 3.04. The van der Waals surface area contributed by atoms with Crippen LogP contribution in [0.1, 0.15) is 18.8 Å². The predicted molar refractivity (Wildman–Crippen MR) is 76.5 cm³/mol. The van der Waals surface area contributed by atoms with E-state index >= 15 is 0 Å². The van der Waals surface area contributed by atoms with E-state index in [1.165, 1.54) is 0 Å². The van der Waals surface area contributed by atoms with Crippen molar-refractivity contribution in [2.45, 2.75) is 13.0 Å². The van der Waals surface area contributed by atoms with Gasteiger partial charge in [0.15, 0.2) is 11.5 Å². The first-order valence-corrected chi connectivity index (χ1v) is 6.68. The molecule has 96 valence electrons. The number of halogens is 1. The molecule has 0 aliphatic heterocycles. The smallest absolute Gasteiger partial charge is 0.178 e. The third-order valence-corrected chi connectivity index (χ3v) is 3.36. The Balaban J connectivity index is 2.14. The van der Waals surface area contributed by atoms with Gasteiger partial charge in [0.05, 0.1) is 11.7 Å². The molecule has 6 heteroatoms. The minimum absolute atomic E-state index is 0.206. The molecule has 2 N–H and O–H groups in total. The quantitative estimate of drug-likeness (QED) is 0.788. The van der Waals surface area contributed by atoms with Gasteiger partial charge >= 0.3 is 0 Å². The lowest BCUT2D eigenvalue weighted by Gasteiger charge is -2.05. The van der Waals surface area contributed by atoms with E-state index in [-0.39, 0.29) is 6.04 Å². The average Bonchev–Trinajstić information content (AvgIpc) is 2.82. The van der Waals surface area contributed by atoms with Gasteiger partial charge in [0, 0.05) is 10.0 Å². The van der Waals surface area contributed by atoms with Crippen LogP contribution in [0.15, 0.2) is 40.9 Å². The van der Waals surface area contributed by atoms with E-state index in [9.17, 15) is 0 Å². The molecule has 0 unspecified atom stereocenters. The van der Waals surface area contributed by atoms with Crippen molar-refractivity contribution in [3.05, 3.63) is 46.7 Å². The minimum atomic E-state index is -0.206. The summed E-state index contributed by atoms with van der Waals surface area (Å²) in [5.41, 5.74) is 8.46. The lowest BCUT2D eigenvalue weighted by molar-refractivity contribution is 0.696. The van der Waals surface area contributed by atoms with E-state index in [2.05, 4.69) is 31.2 Å². The number of rotatable bonds is 2. The predicted octanol–water partition coefficient (Wildman–Crippen LogP) is 2.57. The standard InChI is InChI=1S/C13H12BrN5/c1-8(15)13-17-16-12-7-6-11(18-19(12)13)9-2-4-10(14)5-3-9/h2-8H,15H2,1H3/t8-/m0/s1. The first-order chi connectivity index (χ1) is 9.15. The molecule has 3 aromatic rings. The van der Waals surface area contributed by atoms with Crippen LogP contribution < -0.4 is 5.73 Å². The van der Waals surface area contributed by atoms with Gasteiger partial charge in [-0.15, -0.1) is 10.2 Å². The van der Waals surface area contributed by atoms with Gasteiger partial charge in [-0.3, -0.25) is 0 Å². The molecule has 1 atom stereocenters. The lowest BCUT2D eigenvalue weighted by Crippen LogP contribution is -2.11. The molecule has 0 saturated heterocycles. The summed E-state index contributed by atoms with van der Waals surface area (Å²) in [6.07, 6.45) is 0. The zero-order chi connectivity index (χ0) is 13.4. The largest absolute Gasteiger partial charge is 0.321 e. The van der Waals surface area contributed by atoms with Crippen molar-refractivity contribution in [2.24, 2.45) is 5.73 Å². The fourth-order valence-electron chi connectivity index (χ4n) is 1.86. The second kappa shape index (κ2) is 4.71. The Hall–Kier alpha value is -1.79. The summed E-state index contributed by atoms with van der Waals surface area (Å²) in [6, 6.07) is 11.6. The molecule has 19 heavy (non-hydrogen) atoms. The Bertz CT molecular complexity index is 717. The van der Waals surface area contributed by atoms with E-state index in [0.717, 1.165) is 15.7 Å². The monoisotopic (exact) mass is 317 g/mol. The second-order valence-corrected chi connectivity index (χ2v) is 5.26. The van der Waals surface area contributed by atoms with Gasteiger partial charge < -0.3 is 5.73 Å². The van der Waals surface area contributed by atoms with Gasteiger partial charge in [-0.25, -0.2) is 0 Å². The van der Waals surface area contributed by atoms with Gasteiger partial charge in [0.2, 0.25) is 0 Å². The van der Waals surface area contributed by atoms with Crippen molar-refractivity contribution in [2.75, 3.05) is 0 Å². The maximum absolute atomic E-state index is 5.86. The van der Waals surface area contributed by atoms with Crippen molar-refractivity contribution in [1.29, 1.82) is 0 Å². The number of nitrogens with two attached hydrogens (primary N) is 1. The first-order valence-electron chi connectivity index (χ1n) is 5.89. The molecule has 0 radical (unpaired) electrons. The zero-order valence-corrected chi connectivity index (χ0v) is 11.9. The molecule has 1 aromatic carbocycles. The number of fused-ring (bicyclic) bond motifs is 1. The first kappa shape index (κ1) is 12.3. The zero-order valence-electron chi connectivity index (χ0n) is 10.3. The van der Waals surface area contributed by atoms with Crippen molar-refractivity contribution < 1.29 is 0 Å². The summed E-state index contributed by atoms with van der Waals surface area (Å²) in [5, 5.41) is 12.7. The van der Waals surface area contributed by atoms with E-state index in [1.807, 2.05) is 43.3 Å². The van der Waals surface area contributed by atoms with Crippen LogP contribution in [0.4, 0.5) is 0 Å². The summed E-state index contributed by atoms with van der Waals surface area (Å²) in [4.78, 5) is 0. The summed E-state index contributed by atoms with van der Waals surface area (Å²) >= 11 is 3.42. The Labute approximate surface area is 118 Å². The Morgan fingerprint density at radius 1 is 1.11 bits per heavy atom. The fourth-order valence-corrected chi connectivity index (χ4v) is 2.13. The van der Waals surface area contributed by atoms with Crippen LogP contribution in [0.3, 0.4) is 0 Å². The van der Waals surface area contributed by atoms with Gasteiger partial charge in [-0.2, -0.15) is 9.61 Å². The molecular weight excluding hydrogens is 306 g/mol. The topological polar surface area (TPSA) is 69.1 Å². The van der Waals surface area contributed by atoms with E-state index in [4.69, 9.17) is 5.73 Å².